The van der Waals surface area contributed by atoms with Crippen LogP contribution in [0.1, 0.15) is 26.3 Å². The first-order chi connectivity index (χ1) is 7.02. The molecule has 0 aliphatic rings. The Labute approximate surface area is 96.8 Å². The van der Waals surface area contributed by atoms with E-state index in [9.17, 15) is 0 Å². The van der Waals surface area contributed by atoms with Crippen molar-refractivity contribution in [3.8, 4) is 0 Å². The fourth-order valence-electron chi connectivity index (χ4n) is 1.50. The molecule has 0 bridgehead atoms. The third kappa shape index (κ3) is 3.47. The lowest BCUT2D eigenvalue weighted by Crippen LogP contribution is -2.33. The van der Waals surface area contributed by atoms with Crippen molar-refractivity contribution in [1.29, 1.82) is 0 Å². The SMILES string of the molecule is CC(C)C(C)C(N)Cc1ccncc1Cl. The monoisotopic (exact) mass is 226 g/mol. The standard InChI is InChI=1S/C12H19ClN2/c1-8(2)9(3)12(14)6-10-4-5-15-7-11(10)13/h4-5,7-9,12H,6,14H2,1-3H3. The lowest BCUT2D eigenvalue weighted by atomic mass is 9.87. The van der Waals surface area contributed by atoms with Gasteiger partial charge in [-0.1, -0.05) is 32.4 Å². The van der Waals surface area contributed by atoms with E-state index in [2.05, 4.69) is 25.8 Å². The summed E-state index contributed by atoms with van der Waals surface area (Å²) in [5.74, 6) is 1.09. The van der Waals surface area contributed by atoms with Crippen LogP contribution in [0.5, 0.6) is 0 Å². The van der Waals surface area contributed by atoms with Crippen LogP contribution in [0.2, 0.25) is 5.02 Å². The number of nitrogens with zero attached hydrogens (tertiary/aromatic N) is 1. The Hall–Kier alpha value is -0.600. The van der Waals surface area contributed by atoms with Crippen molar-refractivity contribution in [2.45, 2.75) is 33.2 Å². The second-order valence-corrected chi connectivity index (χ2v) is 4.85. The molecule has 1 aromatic rings. The lowest BCUT2D eigenvalue weighted by Gasteiger charge is -2.23. The maximum atomic E-state index is 6.14. The van der Waals surface area contributed by atoms with Gasteiger partial charge in [0.1, 0.15) is 0 Å². The third-order valence-electron chi connectivity index (χ3n) is 3.04. The fraction of sp³-hybridized carbons (Fsp3) is 0.583. The first-order valence-corrected chi connectivity index (χ1v) is 5.74. The largest absolute Gasteiger partial charge is 0.327 e. The molecule has 0 amide bonds. The van der Waals surface area contributed by atoms with E-state index in [-0.39, 0.29) is 6.04 Å². The molecule has 0 fully saturated rings. The maximum absolute atomic E-state index is 6.14. The molecule has 84 valence electrons. The number of rotatable bonds is 4. The van der Waals surface area contributed by atoms with Gasteiger partial charge in [0.25, 0.3) is 0 Å². The summed E-state index contributed by atoms with van der Waals surface area (Å²) in [6.07, 6.45) is 4.25. The average Bonchev–Trinajstić information content (AvgIpc) is 2.20. The highest BCUT2D eigenvalue weighted by Crippen LogP contribution is 2.20. The van der Waals surface area contributed by atoms with Gasteiger partial charge >= 0.3 is 0 Å². The zero-order valence-corrected chi connectivity index (χ0v) is 10.3. The zero-order chi connectivity index (χ0) is 11.4. The molecule has 0 aliphatic carbocycles. The Morgan fingerprint density at radius 1 is 1.40 bits per heavy atom. The Balaban J connectivity index is 2.66. The van der Waals surface area contributed by atoms with E-state index >= 15 is 0 Å². The smallest absolute Gasteiger partial charge is 0.0621 e. The average molecular weight is 227 g/mol. The minimum Gasteiger partial charge on any atom is -0.327 e. The van der Waals surface area contributed by atoms with Crippen molar-refractivity contribution in [2.24, 2.45) is 17.6 Å². The van der Waals surface area contributed by atoms with Crippen LogP contribution in [0.3, 0.4) is 0 Å². The van der Waals surface area contributed by atoms with Crippen LogP contribution >= 0.6 is 11.6 Å². The van der Waals surface area contributed by atoms with Gasteiger partial charge < -0.3 is 5.73 Å². The molecule has 0 aromatic carbocycles. The van der Waals surface area contributed by atoms with Gasteiger partial charge in [0.15, 0.2) is 0 Å². The second-order valence-electron chi connectivity index (χ2n) is 4.44. The minimum absolute atomic E-state index is 0.157. The van der Waals surface area contributed by atoms with Crippen LogP contribution in [-0.4, -0.2) is 11.0 Å². The fourth-order valence-corrected chi connectivity index (χ4v) is 1.70. The summed E-state index contributed by atoms with van der Waals surface area (Å²) < 4.78 is 0. The number of hydrogen-bond donors (Lipinski definition) is 1. The van der Waals surface area contributed by atoms with E-state index in [1.807, 2.05) is 6.07 Å². The highest BCUT2D eigenvalue weighted by molar-refractivity contribution is 6.31. The summed E-state index contributed by atoms with van der Waals surface area (Å²) in [7, 11) is 0. The van der Waals surface area contributed by atoms with Crippen molar-refractivity contribution >= 4 is 11.6 Å². The summed E-state index contributed by atoms with van der Waals surface area (Å²) in [6, 6.07) is 2.10. The van der Waals surface area contributed by atoms with Gasteiger partial charge in [0, 0.05) is 18.4 Å². The second kappa shape index (κ2) is 5.47. The van der Waals surface area contributed by atoms with E-state index < -0.39 is 0 Å². The van der Waals surface area contributed by atoms with Crippen LogP contribution in [0.15, 0.2) is 18.5 Å². The van der Waals surface area contributed by atoms with Crippen LogP contribution in [0.4, 0.5) is 0 Å². The normalized spacial score (nSPS) is 15.3. The van der Waals surface area contributed by atoms with Gasteiger partial charge in [-0.05, 0) is 29.9 Å². The molecule has 1 aromatic heterocycles. The van der Waals surface area contributed by atoms with Gasteiger partial charge in [-0.2, -0.15) is 0 Å². The zero-order valence-electron chi connectivity index (χ0n) is 9.57. The Bertz CT molecular complexity index is 312. The van der Waals surface area contributed by atoms with Crippen molar-refractivity contribution in [3.05, 3.63) is 29.0 Å². The first-order valence-electron chi connectivity index (χ1n) is 5.36. The van der Waals surface area contributed by atoms with Crippen molar-refractivity contribution in [3.63, 3.8) is 0 Å². The quantitative estimate of drug-likeness (QED) is 0.858. The van der Waals surface area contributed by atoms with E-state index in [0.29, 0.717) is 16.9 Å². The summed E-state index contributed by atoms with van der Waals surface area (Å²) in [5.41, 5.74) is 7.23. The van der Waals surface area contributed by atoms with Crippen molar-refractivity contribution < 1.29 is 0 Å². The Kier molecular flexibility index (Phi) is 4.55. The summed E-state index contributed by atoms with van der Waals surface area (Å²) in [4.78, 5) is 3.96. The number of hydrogen-bond acceptors (Lipinski definition) is 2. The molecule has 0 aliphatic heterocycles. The molecule has 0 saturated heterocycles. The van der Waals surface area contributed by atoms with E-state index in [1.165, 1.54) is 0 Å². The molecule has 2 atom stereocenters. The number of nitrogens with two attached hydrogens (primary N) is 1. The predicted octanol–water partition coefficient (Wildman–Crippen LogP) is 2.90. The number of halogens is 1. The van der Waals surface area contributed by atoms with Gasteiger partial charge in [-0.15, -0.1) is 0 Å². The summed E-state index contributed by atoms with van der Waals surface area (Å²) in [6.45, 7) is 6.57. The van der Waals surface area contributed by atoms with Crippen LogP contribution in [0, 0.1) is 11.8 Å². The van der Waals surface area contributed by atoms with E-state index in [4.69, 9.17) is 17.3 Å². The maximum Gasteiger partial charge on any atom is 0.0621 e. The molecule has 1 heterocycles. The molecule has 0 radical (unpaired) electrons. The molecule has 0 spiro atoms. The van der Waals surface area contributed by atoms with Crippen molar-refractivity contribution in [1.82, 2.24) is 4.98 Å². The molecule has 1 rings (SSSR count). The molecular formula is C12H19ClN2. The highest BCUT2D eigenvalue weighted by Gasteiger charge is 2.17. The predicted molar refractivity (Wildman–Crippen MR) is 64.9 cm³/mol. The molecule has 15 heavy (non-hydrogen) atoms. The molecular weight excluding hydrogens is 208 g/mol. The summed E-state index contributed by atoms with van der Waals surface area (Å²) >= 11 is 6.03. The van der Waals surface area contributed by atoms with Crippen molar-refractivity contribution in [2.75, 3.05) is 0 Å². The van der Waals surface area contributed by atoms with Gasteiger partial charge in [-0.25, -0.2) is 0 Å². The minimum atomic E-state index is 0.157. The van der Waals surface area contributed by atoms with Gasteiger partial charge in [0.05, 0.1) is 5.02 Å². The molecule has 2 N–H and O–H groups in total. The first kappa shape index (κ1) is 12.5. The van der Waals surface area contributed by atoms with Gasteiger partial charge in [0.2, 0.25) is 0 Å². The molecule has 0 saturated carbocycles. The van der Waals surface area contributed by atoms with Gasteiger partial charge in [-0.3, -0.25) is 4.98 Å². The van der Waals surface area contributed by atoms with Crippen LogP contribution in [0.25, 0.3) is 0 Å². The topological polar surface area (TPSA) is 38.9 Å². The number of pyridine rings is 1. The highest BCUT2D eigenvalue weighted by atomic mass is 35.5. The summed E-state index contributed by atoms with van der Waals surface area (Å²) in [5, 5.41) is 0.712. The van der Waals surface area contributed by atoms with Crippen LogP contribution in [-0.2, 0) is 6.42 Å². The van der Waals surface area contributed by atoms with E-state index in [0.717, 1.165) is 12.0 Å². The Morgan fingerprint density at radius 3 is 2.60 bits per heavy atom. The lowest BCUT2D eigenvalue weighted by molar-refractivity contribution is 0.344. The third-order valence-corrected chi connectivity index (χ3v) is 3.38. The Morgan fingerprint density at radius 2 is 2.07 bits per heavy atom. The molecule has 3 heteroatoms. The molecule has 2 unspecified atom stereocenters. The van der Waals surface area contributed by atoms with Crippen LogP contribution < -0.4 is 5.73 Å². The number of aromatic nitrogens is 1. The molecule has 2 nitrogen and oxygen atoms in total. The van der Waals surface area contributed by atoms with E-state index in [1.54, 1.807) is 12.4 Å².